The number of hydrogen-bond donors (Lipinski definition) is 0. The van der Waals surface area contributed by atoms with Gasteiger partial charge in [-0.15, -0.1) is 0 Å². The minimum atomic E-state index is -2.62. The quantitative estimate of drug-likeness (QED) is 0.662. The van der Waals surface area contributed by atoms with Crippen LogP contribution in [-0.4, -0.2) is 35.6 Å². The lowest BCUT2D eigenvalue weighted by Crippen LogP contribution is -2.47. The van der Waals surface area contributed by atoms with E-state index in [1.807, 2.05) is 0 Å². The molecule has 15 heavy (non-hydrogen) atoms. The summed E-state index contributed by atoms with van der Waals surface area (Å²) < 4.78 is 25.6. The van der Waals surface area contributed by atoms with Crippen LogP contribution in [0.3, 0.4) is 0 Å². The van der Waals surface area contributed by atoms with Gasteiger partial charge in [0.1, 0.15) is 5.78 Å². The van der Waals surface area contributed by atoms with E-state index in [1.54, 1.807) is 0 Å². The molecule has 0 bridgehead atoms. The van der Waals surface area contributed by atoms with Crippen LogP contribution >= 0.6 is 0 Å². The molecule has 5 heteroatoms. The molecule has 0 N–H and O–H groups in total. The average Bonchev–Trinajstić information content (AvgIpc) is 2.12. The van der Waals surface area contributed by atoms with Crippen LogP contribution in [0.25, 0.3) is 0 Å². The molecule has 0 aromatic heterocycles. The molecule has 1 saturated carbocycles. The largest absolute Gasteiger partial charge is 0.342 e. The topological polar surface area (TPSA) is 37.4 Å². The molecule has 3 nitrogen and oxygen atoms in total. The van der Waals surface area contributed by atoms with Gasteiger partial charge in [0.2, 0.25) is 5.91 Å². The molecule has 2 fully saturated rings. The zero-order valence-electron chi connectivity index (χ0n) is 8.34. The van der Waals surface area contributed by atoms with Crippen molar-refractivity contribution in [3.8, 4) is 0 Å². The van der Waals surface area contributed by atoms with Crippen LogP contribution in [0.2, 0.25) is 0 Å². The number of halogens is 2. The fourth-order valence-electron chi connectivity index (χ4n) is 1.98. The number of carbonyl (C=O) groups excluding carboxylic acids is 2. The van der Waals surface area contributed by atoms with Crippen LogP contribution in [0.5, 0.6) is 0 Å². The molecule has 0 atom stereocenters. The molecule has 0 radical (unpaired) electrons. The van der Waals surface area contributed by atoms with Crippen LogP contribution in [0, 0.1) is 5.92 Å². The summed E-state index contributed by atoms with van der Waals surface area (Å²) in [5.41, 5.74) is 0. The van der Waals surface area contributed by atoms with Crippen molar-refractivity contribution in [2.45, 2.75) is 31.6 Å². The predicted molar refractivity (Wildman–Crippen MR) is 48.5 cm³/mol. The van der Waals surface area contributed by atoms with E-state index in [1.165, 1.54) is 4.90 Å². The SMILES string of the molecule is O=C1CC(C(=O)N2CCC(F)(F)CC2)C1. The third-order valence-corrected chi connectivity index (χ3v) is 3.10. The van der Waals surface area contributed by atoms with E-state index in [-0.39, 0.29) is 43.5 Å². The number of alkyl halides is 2. The van der Waals surface area contributed by atoms with Crippen molar-refractivity contribution >= 4 is 11.7 Å². The smallest absolute Gasteiger partial charge is 0.251 e. The first kappa shape index (κ1) is 10.5. The van der Waals surface area contributed by atoms with Crippen LogP contribution in [-0.2, 0) is 9.59 Å². The molecule has 1 amide bonds. The Bertz CT molecular complexity index is 286. The van der Waals surface area contributed by atoms with Gasteiger partial charge in [-0.1, -0.05) is 0 Å². The number of likely N-dealkylation sites (tertiary alicyclic amines) is 1. The Hall–Kier alpha value is -1.00. The van der Waals surface area contributed by atoms with Gasteiger partial charge < -0.3 is 4.90 Å². The van der Waals surface area contributed by atoms with E-state index in [9.17, 15) is 18.4 Å². The second-order valence-electron chi connectivity index (χ2n) is 4.33. The Morgan fingerprint density at radius 2 is 1.80 bits per heavy atom. The number of piperidine rings is 1. The highest BCUT2D eigenvalue weighted by Gasteiger charge is 2.40. The van der Waals surface area contributed by atoms with Crippen LogP contribution in [0.15, 0.2) is 0 Å². The molecule has 1 aliphatic carbocycles. The molecular formula is C10H13F2NO2. The molecule has 1 aliphatic heterocycles. The van der Waals surface area contributed by atoms with Gasteiger partial charge in [-0.25, -0.2) is 8.78 Å². The zero-order valence-corrected chi connectivity index (χ0v) is 8.34. The van der Waals surface area contributed by atoms with E-state index < -0.39 is 5.92 Å². The van der Waals surface area contributed by atoms with Gasteiger partial charge in [-0.05, 0) is 0 Å². The van der Waals surface area contributed by atoms with Gasteiger partial charge in [0.15, 0.2) is 0 Å². The van der Waals surface area contributed by atoms with Gasteiger partial charge in [0, 0.05) is 38.8 Å². The summed E-state index contributed by atoms with van der Waals surface area (Å²) in [5.74, 6) is -2.88. The van der Waals surface area contributed by atoms with Gasteiger partial charge >= 0.3 is 0 Å². The molecule has 1 heterocycles. The number of hydrogen-bond acceptors (Lipinski definition) is 2. The fourth-order valence-corrected chi connectivity index (χ4v) is 1.98. The Labute approximate surface area is 86.4 Å². The molecule has 2 rings (SSSR count). The molecule has 0 unspecified atom stereocenters. The van der Waals surface area contributed by atoms with E-state index in [0.717, 1.165) is 0 Å². The fraction of sp³-hybridized carbons (Fsp3) is 0.800. The van der Waals surface area contributed by atoms with E-state index in [2.05, 4.69) is 0 Å². The van der Waals surface area contributed by atoms with E-state index >= 15 is 0 Å². The van der Waals surface area contributed by atoms with Crippen molar-refractivity contribution in [1.29, 1.82) is 0 Å². The van der Waals surface area contributed by atoms with Gasteiger partial charge in [0.25, 0.3) is 5.92 Å². The number of nitrogens with zero attached hydrogens (tertiary/aromatic N) is 1. The highest BCUT2D eigenvalue weighted by molar-refractivity contribution is 5.96. The minimum absolute atomic E-state index is 0.0932. The normalized spacial score (nSPS) is 26.3. The summed E-state index contributed by atoms with van der Waals surface area (Å²) >= 11 is 0. The lowest BCUT2D eigenvalue weighted by molar-refractivity contribution is -0.149. The maximum atomic E-state index is 12.8. The maximum Gasteiger partial charge on any atom is 0.251 e. The molecule has 0 aromatic rings. The second-order valence-corrected chi connectivity index (χ2v) is 4.33. The Morgan fingerprint density at radius 3 is 2.27 bits per heavy atom. The van der Waals surface area contributed by atoms with Crippen molar-refractivity contribution in [1.82, 2.24) is 4.90 Å². The monoisotopic (exact) mass is 217 g/mol. The van der Waals surface area contributed by atoms with Crippen molar-refractivity contribution in [2.75, 3.05) is 13.1 Å². The third kappa shape index (κ3) is 2.16. The zero-order chi connectivity index (χ0) is 11.1. The summed E-state index contributed by atoms with van der Waals surface area (Å²) in [7, 11) is 0. The highest BCUT2D eigenvalue weighted by Crippen LogP contribution is 2.31. The number of carbonyl (C=O) groups is 2. The lowest BCUT2D eigenvalue weighted by atomic mass is 9.82. The predicted octanol–water partition coefficient (Wildman–Crippen LogP) is 1.22. The summed E-state index contributed by atoms with van der Waals surface area (Å²) in [4.78, 5) is 23.8. The van der Waals surface area contributed by atoms with Crippen LogP contribution in [0.4, 0.5) is 8.78 Å². The summed E-state index contributed by atoms with van der Waals surface area (Å²) in [6.07, 6.45) is 0.0935. The van der Waals surface area contributed by atoms with Crippen LogP contribution < -0.4 is 0 Å². The lowest BCUT2D eigenvalue weighted by Gasteiger charge is -2.35. The standard InChI is InChI=1S/C10H13F2NO2/c11-10(12)1-3-13(4-2-10)9(15)7-5-8(14)6-7/h7H,1-6H2. The number of rotatable bonds is 1. The molecule has 0 spiro atoms. The number of Topliss-reactive ketones (excluding diaryl/α,β-unsaturated/α-hetero) is 1. The molecule has 2 aliphatic rings. The Kier molecular flexibility index (Phi) is 2.48. The first-order valence-corrected chi connectivity index (χ1v) is 5.16. The molecule has 0 aromatic carbocycles. The summed E-state index contributed by atoms with van der Waals surface area (Å²) in [5, 5.41) is 0. The molecule has 84 valence electrons. The van der Waals surface area contributed by atoms with Gasteiger partial charge in [-0.3, -0.25) is 9.59 Å². The third-order valence-electron chi connectivity index (χ3n) is 3.10. The maximum absolute atomic E-state index is 12.8. The first-order valence-electron chi connectivity index (χ1n) is 5.16. The molecular weight excluding hydrogens is 204 g/mol. The first-order chi connectivity index (χ1) is 6.98. The highest BCUT2D eigenvalue weighted by atomic mass is 19.3. The van der Waals surface area contributed by atoms with Gasteiger partial charge in [0.05, 0.1) is 5.92 Å². The van der Waals surface area contributed by atoms with E-state index in [4.69, 9.17) is 0 Å². The minimum Gasteiger partial charge on any atom is -0.342 e. The average molecular weight is 217 g/mol. The van der Waals surface area contributed by atoms with Crippen molar-refractivity contribution in [3.63, 3.8) is 0 Å². The van der Waals surface area contributed by atoms with E-state index in [0.29, 0.717) is 12.8 Å². The van der Waals surface area contributed by atoms with Gasteiger partial charge in [-0.2, -0.15) is 0 Å². The summed E-state index contributed by atoms with van der Waals surface area (Å²) in [6.45, 7) is 0.243. The Balaban J connectivity index is 1.85. The van der Waals surface area contributed by atoms with Crippen LogP contribution in [0.1, 0.15) is 25.7 Å². The molecule has 1 saturated heterocycles. The van der Waals surface area contributed by atoms with Crippen molar-refractivity contribution in [3.05, 3.63) is 0 Å². The summed E-state index contributed by atoms with van der Waals surface area (Å²) in [6, 6.07) is 0. The number of amides is 1. The van der Waals surface area contributed by atoms with Crippen molar-refractivity contribution in [2.24, 2.45) is 5.92 Å². The Morgan fingerprint density at radius 1 is 1.27 bits per heavy atom. The second kappa shape index (κ2) is 3.54. The number of ketones is 1. The van der Waals surface area contributed by atoms with Crippen molar-refractivity contribution < 1.29 is 18.4 Å².